The Balaban J connectivity index is 0.00000300. The van der Waals surface area contributed by atoms with E-state index >= 15 is 0 Å². The van der Waals surface area contributed by atoms with Crippen molar-refractivity contribution in [3.63, 3.8) is 0 Å². The zero-order valence-corrected chi connectivity index (χ0v) is 16.8. The minimum absolute atomic E-state index is 0. The normalized spacial score (nSPS) is 10.1. The van der Waals surface area contributed by atoms with Crippen LogP contribution < -0.4 is 10.1 Å². The van der Waals surface area contributed by atoms with Crippen molar-refractivity contribution in [1.82, 2.24) is 0 Å². The molecule has 9 heteroatoms. The molecule has 146 valence electrons. The Morgan fingerprint density at radius 2 is 1.86 bits per heavy atom. The van der Waals surface area contributed by atoms with Gasteiger partial charge in [-0.25, -0.2) is 4.79 Å². The predicted octanol–water partition coefficient (Wildman–Crippen LogP) is 4.98. The minimum atomic E-state index is -1.18. The maximum atomic E-state index is 12.4. The van der Waals surface area contributed by atoms with E-state index in [0.717, 1.165) is 6.42 Å². The Morgan fingerprint density at radius 1 is 1.07 bits per heavy atom. The second kappa shape index (κ2) is 10.7. The fourth-order valence-electron chi connectivity index (χ4n) is 2.49. The molecule has 5 nitrogen and oxygen atoms in total. The average Bonchev–Trinajstić information content (AvgIpc) is 3.16. The number of ether oxygens (including phenoxy) is 1. The first-order valence-corrected chi connectivity index (χ1v) is 9.86. The summed E-state index contributed by atoms with van der Waals surface area (Å²) in [5.74, 6) is -1.30. The maximum absolute atomic E-state index is 12.4. The second-order valence-corrected chi connectivity index (χ2v) is 7.64. The molecule has 1 amide bonds. The van der Waals surface area contributed by atoms with E-state index in [0.29, 0.717) is 17.4 Å². The quantitative estimate of drug-likeness (QED) is 0.505. The van der Waals surface area contributed by atoms with Gasteiger partial charge in [-0.15, -0.1) is 11.3 Å². The number of rotatable bonds is 7. The second-order valence-electron chi connectivity index (χ2n) is 5.77. The molecule has 1 aromatic heterocycles. The van der Waals surface area contributed by atoms with Crippen molar-refractivity contribution in [2.75, 3.05) is 11.9 Å². The number of hydrogen-bond donors (Lipinski definition) is 2. The molecule has 0 aliphatic carbocycles. The van der Waals surface area contributed by atoms with Gasteiger partial charge in [-0.1, -0.05) is 29.3 Å². The summed E-state index contributed by atoms with van der Waals surface area (Å²) < 4.78 is 5.64. The van der Waals surface area contributed by atoms with E-state index in [1.165, 1.54) is 35.2 Å². The molecule has 3 rings (SSSR count). The summed E-state index contributed by atoms with van der Waals surface area (Å²) in [6, 6.07) is 12.9. The number of amides is 1. The Kier molecular flexibility index (Phi) is 8.63. The summed E-state index contributed by atoms with van der Waals surface area (Å²) in [6.45, 7) is 0.422. The number of thiophene rings is 1. The van der Waals surface area contributed by atoms with Gasteiger partial charge in [0.25, 0.3) is 5.91 Å². The summed E-state index contributed by atoms with van der Waals surface area (Å²) in [4.78, 5) is 25.2. The van der Waals surface area contributed by atoms with Gasteiger partial charge in [0.2, 0.25) is 0 Å². The molecule has 3 aromatic rings. The standard InChI is InChI=1S/C20H15Cl2NO4S.Li.H/c21-12-3-5-15(17(22)10-12)19(24)23-18-6-4-13(11-16(18)20(25)26)27-8-7-14-2-1-9-28-14;;/h1-6,9-11H,7-8H2,(H,23,24)(H,25,26);;. The molecule has 0 aliphatic heterocycles. The predicted molar refractivity (Wildman–Crippen MR) is 118 cm³/mol. The van der Waals surface area contributed by atoms with Crippen LogP contribution in [0.1, 0.15) is 25.6 Å². The molecule has 2 N–H and O–H groups in total. The zero-order valence-electron chi connectivity index (χ0n) is 14.4. The van der Waals surface area contributed by atoms with E-state index in [2.05, 4.69) is 5.32 Å². The number of anilines is 1. The van der Waals surface area contributed by atoms with Gasteiger partial charge >= 0.3 is 24.8 Å². The van der Waals surface area contributed by atoms with E-state index in [9.17, 15) is 14.7 Å². The molecule has 0 unspecified atom stereocenters. The Morgan fingerprint density at radius 3 is 2.52 bits per heavy atom. The molecule has 0 aliphatic rings. The van der Waals surface area contributed by atoms with Gasteiger partial charge < -0.3 is 15.2 Å². The van der Waals surface area contributed by atoms with Crippen molar-refractivity contribution in [2.24, 2.45) is 0 Å². The molecular weight excluding hydrogens is 428 g/mol. The first-order valence-electron chi connectivity index (χ1n) is 8.23. The van der Waals surface area contributed by atoms with E-state index in [1.807, 2.05) is 17.5 Å². The van der Waals surface area contributed by atoms with E-state index < -0.39 is 11.9 Å². The first-order chi connectivity index (χ1) is 13.4. The molecular formula is C20H16Cl2LiNO4S. The number of halogens is 2. The van der Waals surface area contributed by atoms with Gasteiger partial charge in [-0.05, 0) is 47.8 Å². The Bertz CT molecular complexity index is 1010. The number of carbonyl (C=O) groups is 2. The zero-order chi connectivity index (χ0) is 20.1. The molecule has 1 heterocycles. The van der Waals surface area contributed by atoms with Crippen LogP contribution in [0.25, 0.3) is 0 Å². The Hall–Kier alpha value is -1.94. The molecule has 2 aromatic carbocycles. The summed E-state index contributed by atoms with van der Waals surface area (Å²) in [7, 11) is 0. The molecule has 0 fully saturated rings. The SMILES string of the molecule is O=C(Nc1ccc(OCCc2cccs2)cc1C(=O)O)c1ccc(Cl)cc1Cl.[LiH]. The molecule has 0 radical (unpaired) electrons. The summed E-state index contributed by atoms with van der Waals surface area (Å²) in [6.07, 6.45) is 0.730. The van der Waals surface area contributed by atoms with Crippen LogP contribution in [0.15, 0.2) is 53.9 Å². The van der Waals surface area contributed by atoms with E-state index in [1.54, 1.807) is 17.4 Å². The molecule has 0 bridgehead atoms. The van der Waals surface area contributed by atoms with Crippen LogP contribution in [-0.2, 0) is 6.42 Å². The molecule has 0 saturated heterocycles. The van der Waals surface area contributed by atoms with Crippen LogP contribution in [0.2, 0.25) is 10.0 Å². The molecule has 0 atom stereocenters. The molecule has 0 spiro atoms. The number of carboxylic acids is 1. The number of aromatic carboxylic acids is 1. The van der Waals surface area contributed by atoms with Gasteiger partial charge in [0.05, 0.1) is 28.4 Å². The molecule has 0 saturated carbocycles. The molecule has 29 heavy (non-hydrogen) atoms. The van der Waals surface area contributed by atoms with Crippen molar-refractivity contribution < 1.29 is 19.4 Å². The number of carboxylic acid groups (broad SMARTS) is 1. The number of carbonyl (C=O) groups excluding carboxylic acids is 1. The third-order valence-corrected chi connectivity index (χ3v) is 5.33. The van der Waals surface area contributed by atoms with Gasteiger partial charge in [0.1, 0.15) is 5.75 Å². The third kappa shape index (κ3) is 6.27. The summed E-state index contributed by atoms with van der Waals surface area (Å²) >= 11 is 13.5. The van der Waals surface area contributed by atoms with E-state index in [-0.39, 0.29) is 40.7 Å². The van der Waals surface area contributed by atoms with Crippen LogP contribution in [0, 0.1) is 0 Å². The third-order valence-electron chi connectivity index (χ3n) is 3.84. The summed E-state index contributed by atoms with van der Waals surface area (Å²) in [5.41, 5.74) is 0.264. The number of benzene rings is 2. The van der Waals surface area contributed by atoms with Crippen LogP contribution in [0.3, 0.4) is 0 Å². The van der Waals surface area contributed by atoms with Gasteiger partial charge in [0, 0.05) is 16.3 Å². The van der Waals surface area contributed by atoms with Crippen LogP contribution >= 0.6 is 34.5 Å². The number of hydrogen-bond acceptors (Lipinski definition) is 4. The topological polar surface area (TPSA) is 75.6 Å². The van der Waals surface area contributed by atoms with Crippen molar-refractivity contribution in [2.45, 2.75) is 6.42 Å². The van der Waals surface area contributed by atoms with Crippen molar-refractivity contribution in [1.29, 1.82) is 0 Å². The average molecular weight is 444 g/mol. The van der Waals surface area contributed by atoms with Crippen LogP contribution in [0.4, 0.5) is 5.69 Å². The van der Waals surface area contributed by atoms with E-state index in [4.69, 9.17) is 27.9 Å². The van der Waals surface area contributed by atoms with Crippen molar-refractivity contribution >= 4 is 71.0 Å². The fourth-order valence-corrected chi connectivity index (χ4v) is 3.67. The van der Waals surface area contributed by atoms with Crippen LogP contribution in [0.5, 0.6) is 5.75 Å². The van der Waals surface area contributed by atoms with Crippen molar-refractivity contribution in [3.8, 4) is 5.75 Å². The Labute approximate surface area is 193 Å². The van der Waals surface area contributed by atoms with Crippen molar-refractivity contribution in [3.05, 3.63) is 80.0 Å². The monoisotopic (exact) mass is 443 g/mol. The van der Waals surface area contributed by atoms with Crippen LogP contribution in [-0.4, -0.2) is 42.5 Å². The summed E-state index contributed by atoms with van der Waals surface area (Å²) in [5, 5.41) is 14.6. The van der Waals surface area contributed by atoms with Gasteiger partial charge in [-0.2, -0.15) is 0 Å². The van der Waals surface area contributed by atoms with Gasteiger partial charge in [0.15, 0.2) is 0 Å². The van der Waals surface area contributed by atoms with Gasteiger partial charge in [-0.3, -0.25) is 4.79 Å². The fraction of sp³-hybridized carbons (Fsp3) is 0.100. The first kappa shape index (κ1) is 23.3. The number of nitrogens with one attached hydrogen (secondary N) is 1.